The molecule has 1 aromatic carbocycles. The number of amides is 1. The second-order valence-corrected chi connectivity index (χ2v) is 7.44. The number of nitrogens with one attached hydrogen (secondary N) is 1. The van der Waals surface area contributed by atoms with E-state index in [1.165, 1.54) is 31.2 Å². The van der Waals surface area contributed by atoms with E-state index >= 15 is 0 Å². The number of nitrogens with zero attached hydrogens (tertiary/aromatic N) is 1. The molecule has 2 aliphatic rings. The Morgan fingerprint density at radius 2 is 1.87 bits per heavy atom. The highest BCUT2D eigenvalue weighted by Crippen LogP contribution is 2.38. The van der Waals surface area contributed by atoms with E-state index in [2.05, 4.69) is 37.4 Å². The van der Waals surface area contributed by atoms with Crippen molar-refractivity contribution >= 4 is 11.6 Å². The van der Waals surface area contributed by atoms with E-state index in [0.29, 0.717) is 18.5 Å². The van der Waals surface area contributed by atoms with Gasteiger partial charge >= 0.3 is 0 Å². The minimum absolute atomic E-state index is 0.231. The number of fused-ring (bicyclic) bond motifs is 1. The third kappa shape index (κ3) is 3.45. The first-order chi connectivity index (χ1) is 11.1. The van der Waals surface area contributed by atoms with Crippen LogP contribution in [0.25, 0.3) is 0 Å². The van der Waals surface area contributed by atoms with Crippen molar-refractivity contribution in [3.63, 3.8) is 0 Å². The molecule has 23 heavy (non-hydrogen) atoms. The molecule has 2 atom stereocenters. The summed E-state index contributed by atoms with van der Waals surface area (Å²) in [4.78, 5) is 14.4. The maximum atomic E-state index is 12.4. The van der Waals surface area contributed by atoms with Gasteiger partial charge in [0.1, 0.15) is 0 Å². The first kappa shape index (κ1) is 16.5. The minimum atomic E-state index is 0.231. The van der Waals surface area contributed by atoms with Gasteiger partial charge in [0.2, 0.25) is 5.91 Å². The largest absolute Gasteiger partial charge is 0.309 e. The van der Waals surface area contributed by atoms with Gasteiger partial charge in [-0.05, 0) is 56.6 Å². The van der Waals surface area contributed by atoms with E-state index < -0.39 is 0 Å². The number of hydrogen-bond donors (Lipinski definition) is 1. The lowest BCUT2D eigenvalue weighted by molar-refractivity contribution is -0.118. The van der Waals surface area contributed by atoms with E-state index in [4.69, 9.17) is 0 Å². The van der Waals surface area contributed by atoms with Gasteiger partial charge < -0.3 is 10.2 Å². The summed E-state index contributed by atoms with van der Waals surface area (Å²) in [5.41, 5.74) is 2.41. The van der Waals surface area contributed by atoms with Crippen molar-refractivity contribution < 1.29 is 4.79 Å². The molecule has 1 aliphatic heterocycles. The lowest BCUT2D eigenvalue weighted by atomic mass is 9.85. The van der Waals surface area contributed by atoms with Crippen LogP contribution in [0.15, 0.2) is 24.3 Å². The molecular formula is C20H30N2O. The van der Waals surface area contributed by atoms with Crippen molar-refractivity contribution in [2.75, 3.05) is 4.90 Å². The Kier molecular flexibility index (Phi) is 5.05. The van der Waals surface area contributed by atoms with Crippen molar-refractivity contribution in [1.82, 2.24) is 5.32 Å². The predicted octanol–water partition coefficient (Wildman–Crippen LogP) is 4.43. The summed E-state index contributed by atoms with van der Waals surface area (Å²) in [6, 6.07) is 9.71. The van der Waals surface area contributed by atoms with E-state index in [1.807, 2.05) is 17.9 Å². The molecule has 1 heterocycles. The minimum Gasteiger partial charge on any atom is -0.309 e. The lowest BCUT2D eigenvalue weighted by Crippen LogP contribution is -2.47. The highest BCUT2D eigenvalue weighted by Gasteiger charge is 2.34. The van der Waals surface area contributed by atoms with E-state index in [0.717, 1.165) is 18.0 Å². The topological polar surface area (TPSA) is 32.3 Å². The molecule has 0 spiro atoms. The van der Waals surface area contributed by atoms with Crippen LogP contribution >= 0.6 is 0 Å². The normalized spacial score (nSPS) is 30.8. The molecular weight excluding hydrogens is 284 g/mol. The van der Waals surface area contributed by atoms with Crippen molar-refractivity contribution in [1.29, 1.82) is 0 Å². The molecule has 3 nitrogen and oxygen atoms in total. The molecule has 1 fully saturated rings. The highest BCUT2D eigenvalue weighted by molar-refractivity contribution is 5.95. The summed E-state index contributed by atoms with van der Waals surface area (Å²) < 4.78 is 0. The molecule has 1 saturated carbocycles. The van der Waals surface area contributed by atoms with Crippen LogP contribution in [0, 0.1) is 5.92 Å². The zero-order chi connectivity index (χ0) is 16.4. The number of para-hydroxylation sites is 1. The second-order valence-electron chi connectivity index (χ2n) is 7.44. The predicted molar refractivity (Wildman–Crippen MR) is 95.6 cm³/mol. The third-order valence-electron chi connectivity index (χ3n) is 5.61. The van der Waals surface area contributed by atoms with E-state index in [1.54, 1.807) is 0 Å². The van der Waals surface area contributed by atoms with Crippen LogP contribution in [0.4, 0.5) is 5.69 Å². The number of benzene rings is 1. The number of rotatable bonds is 3. The average molecular weight is 314 g/mol. The monoisotopic (exact) mass is 314 g/mol. The van der Waals surface area contributed by atoms with Gasteiger partial charge in [-0.1, -0.05) is 32.0 Å². The van der Waals surface area contributed by atoms with Gasteiger partial charge in [-0.2, -0.15) is 0 Å². The van der Waals surface area contributed by atoms with Gasteiger partial charge in [-0.15, -0.1) is 0 Å². The van der Waals surface area contributed by atoms with Gasteiger partial charge in [-0.25, -0.2) is 0 Å². The van der Waals surface area contributed by atoms with Gasteiger partial charge in [-0.3, -0.25) is 4.79 Å². The second kappa shape index (κ2) is 7.04. The molecule has 0 bridgehead atoms. The maximum absolute atomic E-state index is 12.4. The van der Waals surface area contributed by atoms with Crippen LogP contribution < -0.4 is 10.2 Å². The van der Waals surface area contributed by atoms with Crippen LogP contribution in [0.5, 0.6) is 0 Å². The zero-order valence-electron chi connectivity index (χ0n) is 14.7. The highest BCUT2D eigenvalue weighted by atomic mass is 16.2. The fraction of sp³-hybridized carbons (Fsp3) is 0.650. The number of carbonyl (C=O) groups excluding carboxylic acids is 1. The van der Waals surface area contributed by atoms with Crippen LogP contribution in [0.2, 0.25) is 0 Å². The fourth-order valence-corrected chi connectivity index (χ4v) is 4.23. The first-order valence-electron chi connectivity index (χ1n) is 9.27. The van der Waals surface area contributed by atoms with Crippen LogP contribution in [0.3, 0.4) is 0 Å². The standard InChI is InChI=1S/C20H30N2O/c1-4-20(23)22-15(3)13-18(17-7-5-6-8-19(17)22)21-16-11-9-14(2)10-12-16/h5-8,14-16,18,21H,4,9-13H2,1-3H3/t14-,15?,16-,18?. The van der Waals surface area contributed by atoms with Crippen LogP contribution in [-0.4, -0.2) is 18.0 Å². The van der Waals surface area contributed by atoms with E-state index in [9.17, 15) is 4.79 Å². The average Bonchev–Trinajstić information content (AvgIpc) is 2.56. The zero-order valence-corrected chi connectivity index (χ0v) is 14.7. The van der Waals surface area contributed by atoms with Gasteiger partial charge in [0, 0.05) is 30.2 Å². The third-order valence-corrected chi connectivity index (χ3v) is 5.61. The summed E-state index contributed by atoms with van der Waals surface area (Å²) >= 11 is 0. The van der Waals surface area contributed by atoms with Crippen molar-refractivity contribution in [2.45, 2.75) is 77.4 Å². The SMILES string of the molecule is CCC(=O)N1c2ccccc2C(N[C@H]2CC[C@H](C)CC2)CC1C. The number of hydrogen-bond acceptors (Lipinski definition) is 2. The van der Waals surface area contributed by atoms with E-state index in [-0.39, 0.29) is 11.9 Å². The smallest absolute Gasteiger partial charge is 0.226 e. The van der Waals surface area contributed by atoms with Crippen LogP contribution in [0.1, 0.15) is 70.9 Å². The molecule has 3 heteroatoms. The van der Waals surface area contributed by atoms with Gasteiger partial charge in [0.25, 0.3) is 0 Å². The lowest BCUT2D eigenvalue weighted by Gasteiger charge is -2.41. The summed E-state index contributed by atoms with van der Waals surface area (Å²) in [5, 5.41) is 3.90. The molecule has 1 aliphatic carbocycles. The molecule has 3 rings (SSSR count). The summed E-state index contributed by atoms with van der Waals surface area (Å²) in [6.45, 7) is 6.49. The number of anilines is 1. The Bertz CT molecular complexity index is 548. The fourth-order valence-electron chi connectivity index (χ4n) is 4.23. The molecule has 0 radical (unpaired) electrons. The Hall–Kier alpha value is -1.35. The van der Waals surface area contributed by atoms with Crippen LogP contribution in [-0.2, 0) is 4.79 Å². The number of carbonyl (C=O) groups is 1. The summed E-state index contributed by atoms with van der Waals surface area (Å²) in [7, 11) is 0. The molecule has 1 N–H and O–H groups in total. The molecule has 1 amide bonds. The molecule has 2 unspecified atom stereocenters. The Morgan fingerprint density at radius 1 is 1.17 bits per heavy atom. The Balaban J connectivity index is 1.81. The molecule has 126 valence electrons. The summed E-state index contributed by atoms with van der Waals surface area (Å²) in [5.74, 6) is 1.11. The van der Waals surface area contributed by atoms with Crippen molar-refractivity contribution in [3.8, 4) is 0 Å². The maximum Gasteiger partial charge on any atom is 0.226 e. The quantitative estimate of drug-likeness (QED) is 0.895. The molecule has 0 aromatic heterocycles. The van der Waals surface area contributed by atoms with Gasteiger partial charge in [0.05, 0.1) is 0 Å². The van der Waals surface area contributed by atoms with Crippen molar-refractivity contribution in [2.24, 2.45) is 5.92 Å². The molecule has 1 aromatic rings. The Morgan fingerprint density at radius 3 is 2.57 bits per heavy atom. The Labute approximate surface area is 140 Å². The first-order valence-corrected chi connectivity index (χ1v) is 9.27. The van der Waals surface area contributed by atoms with Crippen molar-refractivity contribution in [3.05, 3.63) is 29.8 Å². The molecule has 0 saturated heterocycles. The van der Waals surface area contributed by atoms with Gasteiger partial charge in [0.15, 0.2) is 0 Å². The summed E-state index contributed by atoms with van der Waals surface area (Å²) in [6.07, 6.45) is 6.81.